The minimum atomic E-state index is -0.172. The first-order valence-corrected chi connectivity index (χ1v) is 7.91. The Hall–Kier alpha value is -1.64. The molecular formula is C15H11BrN2OS. The number of hydrogen-bond acceptors (Lipinski definition) is 3. The highest BCUT2D eigenvalue weighted by Crippen LogP contribution is 2.38. The van der Waals surface area contributed by atoms with Crippen LogP contribution in [0.25, 0.3) is 0 Å². The summed E-state index contributed by atoms with van der Waals surface area (Å²) in [7, 11) is 0. The van der Waals surface area contributed by atoms with E-state index in [2.05, 4.69) is 27.3 Å². The second-order valence-corrected chi connectivity index (χ2v) is 6.66. The van der Waals surface area contributed by atoms with E-state index < -0.39 is 0 Å². The van der Waals surface area contributed by atoms with Crippen LogP contribution in [0.3, 0.4) is 0 Å². The van der Waals surface area contributed by atoms with Crippen LogP contribution in [0.15, 0.2) is 28.7 Å². The number of thiophene rings is 1. The fourth-order valence-electron chi connectivity index (χ4n) is 2.39. The lowest BCUT2D eigenvalue weighted by Crippen LogP contribution is -2.11. The van der Waals surface area contributed by atoms with Gasteiger partial charge in [0.25, 0.3) is 5.91 Å². The van der Waals surface area contributed by atoms with E-state index in [9.17, 15) is 10.1 Å². The van der Waals surface area contributed by atoms with E-state index in [0.717, 1.165) is 29.3 Å². The van der Waals surface area contributed by atoms with Gasteiger partial charge in [0.05, 0.1) is 5.56 Å². The third-order valence-electron chi connectivity index (χ3n) is 3.37. The van der Waals surface area contributed by atoms with Gasteiger partial charge in [0.2, 0.25) is 0 Å². The van der Waals surface area contributed by atoms with Crippen LogP contribution in [0.4, 0.5) is 5.00 Å². The van der Waals surface area contributed by atoms with Gasteiger partial charge in [-0.05, 0) is 49.1 Å². The molecule has 0 radical (unpaired) electrons. The highest BCUT2D eigenvalue weighted by atomic mass is 79.9. The topological polar surface area (TPSA) is 52.9 Å². The van der Waals surface area contributed by atoms with Gasteiger partial charge < -0.3 is 5.32 Å². The molecule has 0 unspecified atom stereocenters. The lowest BCUT2D eigenvalue weighted by Gasteiger charge is -2.04. The van der Waals surface area contributed by atoms with E-state index in [1.54, 1.807) is 12.1 Å². The number of anilines is 1. The van der Waals surface area contributed by atoms with Gasteiger partial charge in [0, 0.05) is 14.9 Å². The first-order chi connectivity index (χ1) is 9.69. The predicted octanol–water partition coefficient (Wildman–Crippen LogP) is 4.12. The van der Waals surface area contributed by atoms with Crippen LogP contribution in [0.5, 0.6) is 0 Å². The third-order valence-corrected chi connectivity index (χ3v) is 5.10. The van der Waals surface area contributed by atoms with Gasteiger partial charge in [-0.3, -0.25) is 4.79 Å². The van der Waals surface area contributed by atoms with Gasteiger partial charge >= 0.3 is 0 Å². The van der Waals surface area contributed by atoms with Crippen molar-refractivity contribution in [2.45, 2.75) is 19.3 Å². The van der Waals surface area contributed by atoms with Crippen molar-refractivity contribution in [1.82, 2.24) is 0 Å². The molecule has 3 rings (SSSR count). The summed E-state index contributed by atoms with van der Waals surface area (Å²) in [5.74, 6) is -0.172. The van der Waals surface area contributed by atoms with E-state index in [-0.39, 0.29) is 5.91 Å². The van der Waals surface area contributed by atoms with Crippen molar-refractivity contribution in [3.8, 4) is 6.07 Å². The van der Waals surface area contributed by atoms with Crippen LogP contribution in [-0.2, 0) is 12.8 Å². The summed E-state index contributed by atoms with van der Waals surface area (Å²) in [5, 5.41) is 12.8. The van der Waals surface area contributed by atoms with Crippen molar-refractivity contribution in [2.75, 3.05) is 5.32 Å². The Bertz CT molecular complexity index is 713. The Labute approximate surface area is 129 Å². The molecule has 1 aliphatic rings. The van der Waals surface area contributed by atoms with E-state index in [4.69, 9.17) is 0 Å². The Balaban J connectivity index is 1.87. The summed E-state index contributed by atoms with van der Waals surface area (Å²) >= 11 is 4.88. The number of carbonyl (C=O) groups excluding carboxylic acids is 1. The number of nitrogens with zero attached hydrogens (tertiary/aromatic N) is 1. The number of fused-ring (bicyclic) bond motifs is 1. The van der Waals surface area contributed by atoms with Gasteiger partial charge in [-0.1, -0.05) is 15.9 Å². The molecule has 1 aromatic heterocycles. The summed E-state index contributed by atoms with van der Waals surface area (Å²) in [6.07, 6.45) is 3.07. The molecule has 1 N–H and O–H groups in total. The van der Waals surface area contributed by atoms with Crippen LogP contribution >= 0.6 is 27.3 Å². The minimum Gasteiger partial charge on any atom is -0.312 e. The van der Waals surface area contributed by atoms with Crippen LogP contribution < -0.4 is 5.32 Å². The number of nitrogens with one attached hydrogen (secondary N) is 1. The first kappa shape index (κ1) is 13.3. The number of rotatable bonds is 2. The van der Waals surface area contributed by atoms with Gasteiger partial charge in [0.1, 0.15) is 11.1 Å². The van der Waals surface area contributed by atoms with Gasteiger partial charge in [-0.25, -0.2) is 0 Å². The standard InChI is InChI=1S/C15H11BrN2OS/c16-10-6-4-9(5-7-10)14(19)18-15-12(8-17)11-2-1-3-13(11)20-15/h4-7H,1-3H2,(H,18,19). The second kappa shape index (κ2) is 5.39. The minimum absolute atomic E-state index is 0.172. The van der Waals surface area contributed by atoms with Crippen LogP contribution in [0.1, 0.15) is 32.8 Å². The van der Waals surface area contributed by atoms with E-state index in [1.807, 2.05) is 12.1 Å². The second-order valence-electron chi connectivity index (χ2n) is 4.63. The highest BCUT2D eigenvalue weighted by Gasteiger charge is 2.23. The van der Waals surface area contributed by atoms with Crippen molar-refractivity contribution in [3.63, 3.8) is 0 Å². The van der Waals surface area contributed by atoms with Crippen molar-refractivity contribution in [3.05, 3.63) is 50.3 Å². The number of amides is 1. The van der Waals surface area contributed by atoms with Gasteiger partial charge in [0.15, 0.2) is 0 Å². The average Bonchev–Trinajstić information content (AvgIpc) is 2.99. The molecule has 0 atom stereocenters. The van der Waals surface area contributed by atoms with Gasteiger partial charge in [-0.15, -0.1) is 11.3 Å². The predicted molar refractivity (Wildman–Crippen MR) is 83.2 cm³/mol. The molecule has 0 bridgehead atoms. The molecule has 1 amide bonds. The zero-order valence-electron chi connectivity index (χ0n) is 10.6. The van der Waals surface area contributed by atoms with E-state index >= 15 is 0 Å². The SMILES string of the molecule is N#Cc1c(NC(=O)c2ccc(Br)cc2)sc2c1CCC2. The molecule has 0 spiro atoms. The summed E-state index contributed by atoms with van der Waals surface area (Å²) in [5.41, 5.74) is 2.36. The Kier molecular flexibility index (Phi) is 3.60. The average molecular weight is 347 g/mol. The summed E-state index contributed by atoms with van der Waals surface area (Å²) in [6, 6.07) is 9.40. The van der Waals surface area contributed by atoms with Crippen LogP contribution in [-0.4, -0.2) is 5.91 Å². The Morgan fingerprint density at radius 3 is 2.75 bits per heavy atom. The molecular weight excluding hydrogens is 336 g/mol. The molecule has 3 nitrogen and oxygen atoms in total. The lowest BCUT2D eigenvalue weighted by atomic mass is 10.1. The van der Waals surface area contributed by atoms with Crippen molar-refractivity contribution >= 4 is 38.2 Å². The Morgan fingerprint density at radius 1 is 1.30 bits per heavy atom. The smallest absolute Gasteiger partial charge is 0.256 e. The number of carbonyl (C=O) groups is 1. The quantitative estimate of drug-likeness (QED) is 0.888. The van der Waals surface area contributed by atoms with Crippen LogP contribution in [0.2, 0.25) is 0 Å². The molecule has 100 valence electrons. The van der Waals surface area contributed by atoms with Crippen molar-refractivity contribution in [1.29, 1.82) is 5.26 Å². The highest BCUT2D eigenvalue weighted by molar-refractivity contribution is 9.10. The lowest BCUT2D eigenvalue weighted by molar-refractivity contribution is 0.102. The largest absolute Gasteiger partial charge is 0.312 e. The molecule has 20 heavy (non-hydrogen) atoms. The van der Waals surface area contributed by atoms with Crippen LogP contribution in [0, 0.1) is 11.3 Å². The summed E-state index contributed by atoms with van der Waals surface area (Å²) in [6.45, 7) is 0. The number of hydrogen-bond donors (Lipinski definition) is 1. The Morgan fingerprint density at radius 2 is 2.05 bits per heavy atom. The summed E-state index contributed by atoms with van der Waals surface area (Å²) in [4.78, 5) is 13.4. The molecule has 0 aliphatic heterocycles. The first-order valence-electron chi connectivity index (χ1n) is 6.30. The monoisotopic (exact) mass is 346 g/mol. The molecule has 1 aromatic carbocycles. The van der Waals surface area contributed by atoms with Crippen molar-refractivity contribution < 1.29 is 4.79 Å². The maximum atomic E-state index is 12.2. The zero-order chi connectivity index (χ0) is 14.1. The third kappa shape index (κ3) is 2.37. The molecule has 0 saturated carbocycles. The maximum Gasteiger partial charge on any atom is 0.256 e. The molecule has 5 heteroatoms. The fourth-order valence-corrected chi connectivity index (χ4v) is 3.89. The molecule has 0 saturated heterocycles. The maximum absolute atomic E-state index is 12.2. The molecule has 2 aromatic rings. The molecule has 1 aliphatic carbocycles. The fraction of sp³-hybridized carbons (Fsp3) is 0.200. The number of benzene rings is 1. The van der Waals surface area contributed by atoms with E-state index in [1.165, 1.54) is 16.2 Å². The molecule has 1 heterocycles. The summed E-state index contributed by atoms with van der Waals surface area (Å²) < 4.78 is 0.932. The normalized spacial score (nSPS) is 12.8. The van der Waals surface area contributed by atoms with E-state index in [0.29, 0.717) is 16.1 Å². The number of halogens is 1. The number of aryl methyl sites for hydroxylation is 1. The number of nitriles is 1. The molecule has 0 fully saturated rings. The zero-order valence-corrected chi connectivity index (χ0v) is 13.0. The van der Waals surface area contributed by atoms with Gasteiger partial charge in [-0.2, -0.15) is 5.26 Å². The van der Waals surface area contributed by atoms with Crippen molar-refractivity contribution in [2.24, 2.45) is 0 Å².